The van der Waals surface area contributed by atoms with Crippen LogP contribution in [0.4, 0.5) is 5.69 Å². The van der Waals surface area contributed by atoms with Gasteiger partial charge in [-0.1, -0.05) is 11.6 Å². The fourth-order valence-electron chi connectivity index (χ4n) is 2.37. The number of nitrogens with one attached hydrogen (secondary N) is 1. The van der Waals surface area contributed by atoms with Gasteiger partial charge in [0.25, 0.3) is 0 Å². The molecule has 19 heavy (non-hydrogen) atoms. The molecule has 0 spiro atoms. The van der Waals surface area contributed by atoms with Crippen LogP contribution in [0.2, 0.25) is 5.02 Å². The van der Waals surface area contributed by atoms with E-state index < -0.39 is 0 Å². The van der Waals surface area contributed by atoms with Gasteiger partial charge in [-0.2, -0.15) is 0 Å². The monoisotopic (exact) mass is 275 g/mol. The summed E-state index contributed by atoms with van der Waals surface area (Å²) in [5.41, 5.74) is 10.1. The van der Waals surface area contributed by atoms with Crippen LogP contribution in [-0.2, 0) is 0 Å². The Hall–Kier alpha value is -1.94. The van der Waals surface area contributed by atoms with Crippen LogP contribution in [0.1, 0.15) is 17.1 Å². The van der Waals surface area contributed by atoms with Crippen LogP contribution >= 0.6 is 11.6 Å². The van der Waals surface area contributed by atoms with Gasteiger partial charge in [-0.3, -0.25) is 0 Å². The number of nitrogens with zero attached hydrogens (tertiary/aromatic N) is 1. The third-order valence-corrected chi connectivity index (χ3v) is 3.60. The van der Waals surface area contributed by atoms with Crippen LogP contribution in [-0.4, -0.2) is 9.97 Å². The maximum atomic E-state index is 6.00. The largest absolute Gasteiger partial charge is 0.466 e. The normalized spacial score (nSPS) is 11.4. The number of H-pyrrole nitrogens is 1. The second-order valence-corrected chi connectivity index (χ2v) is 5.13. The van der Waals surface area contributed by atoms with Gasteiger partial charge in [0.1, 0.15) is 22.9 Å². The van der Waals surface area contributed by atoms with Crippen molar-refractivity contribution >= 4 is 28.3 Å². The topological polar surface area (TPSA) is 67.8 Å². The Bertz CT molecular complexity index is 786. The first-order valence-electron chi connectivity index (χ1n) is 5.99. The molecule has 0 amide bonds. The fraction of sp³-hybridized carbons (Fsp3) is 0.214. The number of imidazole rings is 1. The standard InChI is InChI=1S/C14H14ClN3O/c1-6-7(2)19-8(3)12(6)14-17-11-5-9(15)4-10(16)13(11)18-14/h4-5H,16H2,1-3H3,(H,17,18). The average Bonchev–Trinajstić information content (AvgIpc) is 2.81. The third-order valence-electron chi connectivity index (χ3n) is 3.38. The van der Waals surface area contributed by atoms with Gasteiger partial charge < -0.3 is 15.1 Å². The van der Waals surface area contributed by atoms with Crippen molar-refractivity contribution in [3.05, 3.63) is 34.2 Å². The number of rotatable bonds is 1. The molecule has 0 saturated heterocycles. The Morgan fingerprint density at radius 3 is 2.58 bits per heavy atom. The lowest BCUT2D eigenvalue weighted by atomic mass is 10.1. The van der Waals surface area contributed by atoms with Gasteiger partial charge in [0.2, 0.25) is 0 Å². The Labute approximate surface area is 115 Å². The first-order valence-corrected chi connectivity index (χ1v) is 6.37. The third kappa shape index (κ3) is 1.79. The molecule has 0 fully saturated rings. The van der Waals surface area contributed by atoms with E-state index in [2.05, 4.69) is 9.97 Å². The highest BCUT2D eigenvalue weighted by atomic mass is 35.5. The Morgan fingerprint density at radius 2 is 1.95 bits per heavy atom. The lowest BCUT2D eigenvalue weighted by Crippen LogP contribution is -1.86. The lowest BCUT2D eigenvalue weighted by molar-refractivity contribution is 0.503. The second kappa shape index (κ2) is 4.03. The zero-order chi connectivity index (χ0) is 13.7. The SMILES string of the molecule is Cc1oc(C)c(-c2nc3c(N)cc(Cl)cc3[nH]2)c1C. The number of fused-ring (bicyclic) bond motifs is 1. The summed E-state index contributed by atoms with van der Waals surface area (Å²) in [6, 6.07) is 3.52. The number of hydrogen-bond donors (Lipinski definition) is 2. The quantitative estimate of drug-likeness (QED) is 0.660. The highest BCUT2D eigenvalue weighted by molar-refractivity contribution is 6.31. The summed E-state index contributed by atoms with van der Waals surface area (Å²) < 4.78 is 5.63. The number of halogens is 1. The Morgan fingerprint density at radius 1 is 1.21 bits per heavy atom. The van der Waals surface area contributed by atoms with E-state index in [-0.39, 0.29) is 0 Å². The molecule has 0 saturated carbocycles. The molecule has 1 aromatic carbocycles. The minimum absolute atomic E-state index is 0.570. The molecule has 3 N–H and O–H groups in total. The van der Waals surface area contributed by atoms with Gasteiger partial charge >= 0.3 is 0 Å². The molecule has 2 aromatic heterocycles. The number of nitrogen functional groups attached to an aromatic ring is 1. The molecule has 0 atom stereocenters. The van der Waals surface area contributed by atoms with E-state index in [0.717, 1.165) is 39.5 Å². The number of aryl methyl sites for hydroxylation is 2. The van der Waals surface area contributed by atoms with Crippen LogP contribution in [0.5, 0.6) is 0 Å². The van der Waals surface area contributed by atoms with Gasteiger partial charge in [0.15, 0.2) is 0 Å². The molecule has 0 unspecified atom stereocenters. The Kier molecular flexibility index (Phi) is 2.57. The highest BCUT2D eigenvalue weighted by Crippen LogP contribution is 2.33. The summed E-state index contributed by atoms with van der Waals surface area (Å²) >= 11 is 6.00. The summed E-state index contributed by atoms with van der Waals surface area (Å²) in [6.07, 6.45) is 0. The molecule has 4 nitrogen and oxygen atoms in total. The van der Waals surface area contributed by atoms with E-state index in [4.69, 9.17) is 21.8 Å². The number of anilines is 1. The van der Waals surface area contributed by atoms with Crippen LogP contribution in [0.15, 0.2) is 16.5 Å². The predicted octanol–water partition coefficient (Wildman–Crippen LogP) is 3.98. The predicted molar refractivity (Wildman–Crippen MR) is 77.4 cm³/mol. The first-order chi connectivity index (χ1) is 8.97. The summed E-state index contributed by atoms with van der Waals surface area (Å²) in [4.78, 5) is 7.81. The van der Waals surface area contributed by atoms with Crippen molar-refractivity contribution in [3.63, 3.8) is 0 Å². The van der Waals surface area contributed by atoms with Gasteiger partial charge in [-0.05, 0) is 32.9 Å². The number of aromatic amines is 1. The summed E-state index contributed by atoms with van der Waals surface area (Å²) in [5, 5.41) is 0.594. The van der Waals surface area contributed by atoms with Crippen LogP contribution in [0, 0.1) is 20.8 Å². The van der Waals surface area contributed by atoms with Crippen LogP contribution in [0.25, 0.3) is 22.4 Å². The molecule has 2 heterocycles. The number of benzene rings is 1. The first kappa shape index (κ1) is 12.1. The highest BCUT2D eigenvalue weighted by Gasteiger charge is 2.17. The van der Waals surface area contributed by atoms with Crippen molar-refractivity contribution < 1.29 is 4.42 Å². The van der Waals surface area contributed by atoms with E-state index in [1.165, 1.54) is 0 Å². The van der Waals surface area contributed by atoms with Gasteiger partial charge in [-0.15, -0.1) is 0 Å². The van der Waals surface area contributed by atoms with Crippen molar-refractivity contribution in [2.75, 3.05) is 5.73 Å². The van der Waals surface area contributed by atoms with Crippen LogP contribution < -0.4 is 5.73 Å². The molecular formula is C14H14ClN3O. The molecular weight excluding hydrogens is 262 g/mol. The zero-order valence-electron chi connectivity index (χ0n) is 11.0. The molecule has 3 rings (SSSR count). The van der Waals surface area contributed by atoms with Crippen molar-refractivity contribution in [2.45, 2.75) is 20.8 Å². The number of furan rings is 1. The maximum absolute atomic E-state index is 6.00. The minimum atomic E-state index is 0.570. The Balaban J connectivity index is 2.29. The molecule has 0 aliphatic heterocycles. The average molecular weight is 276 g/mol. The smallest absolute Gasteiger partial charge is 0.142 e. The van der Waals surface area contributed by atoms with E-state index in [0.29, 0.717) is 10.7 Å². The van der Waals surface area contributed by atoms with Gasteiger partial charge in [0.05, 0.1) is 16.8 Å². The van der Waals surface area contributed by atoms with Crippen molar-refractivity contribution in [1.82, 2.24) is 9.97 Å². The molecule has 0 radical (unpaired) electrons. The molecule has 0 bridgehead atoms. The summed E-state index contributed by atoms with van der Waals surface area (Å²) in [7, 11) is 0. The van der Waals surface area contributed by atoms with Gasteiger partial charge in [0, 0.05) is 10.6 Å². The summed E-state index contributed by atoms with van der Waals surface area (Å²) in [5.74, 6) is 2.51. The van der Waals surface area contributed by atoms with Crippen molar-refractivity contribution in [1.29, 1.82) is 0 Å². The molecule has 98 valence electrons. The van der Waals surface area contributed by atoms with Crippen molar-refractivity contribution in [2.24, 2.45) is 0 Å². The van der Waals surface area contributed by atoms with Crippen LogP contribution in [0.3, 0.4) is 0 Å². The lowest BCUT2D eigenvalue weighted by Gasteiger charge is -1.95. The van der Waals surface area contributed by atoms with Crippen molar-refractivity contribution in [3.8, 4) is 11.4 Å². The maximum Gasteiger partial charge on any atom is 0.142 e. The number of aromatic nitrogens is 2. The number of nitrogens with two attached hydrogens (primary N) is 1. The van der Waals surface area contributed by atoms with E-state index >= 15 is 0 Å². The molecule has 0 aliphatic carbocycles. The zero-order valence-corrected chi connectivity index (χ0v) is 11.7. The van der Waals surface area contributed by atoms with E-state index in [1.807, 2.05) is 26.8 Å². The van der Waals surface area contributed by atoms with Gasteiger partial charge in [-0.25, -0.2) is 4.98 Å². The molecule has 5 heteroatoms. The molecule has 0 aliphatic rings. The van der Waals surface area contributed by atoms with E-state index in [9.17, 15) is 0 Å². The minimum Gasteiger partial charge on any atom is -0.466 e. The van der Waals surface area contributed by atoms with E-state index in [1.54, 1.807) is 6.07 Å². The number of hydrogen-bond acceptors (Lipinski definition) is 3. The summed E-state index contributed by atoms with van der Waals surface area (Å²) in [6.45, 7) is 5.89. The second-order valence-electron chi connectivity index (χ2n) is 4.69. The fourth-order valence-corrected chi connectivity index (χ4v) is 2.59. The molecule has 3 aromatic rings.